The number of ketones is 3. The number of rotatable bonds is 8. The van der Waals surface area contributed by atoms with Crippen molar-refractivity contribution >= 4 is 41.2 Å². The minimum Gasteiger partial charge on any atom is -1.00 e. The SMILES string of the molecule is O=C(O)C(=O)C(C(=O)O)C(=O)C(C(=O)O)C(=O)C(=O)O.[H-].[H-].[Na+].[Na+]. The summed E-state index contributed by atoms with van der Waals surface area (Å²) >= 11 is 0. The molecule has 0 aliphatic rings. The fraction of sp³-hybridized carbons (Fsp3) is 0.222. The van der Waals surface area contributed by atoms with Crippen molar-refractivity contribution in [2.45, 2.75) is 0 Å². The van der Waals surface area contributed by atoms with E-state index in [1.54, 1.807) is 0 Å². The van der Waals surface area contributed by atoms with E-state index in [0.717, 1.165) is 0 Å². The Labute approximate surface area is 168 Å². The Morgan fingerprint density at radius 1 is 0.591 bits per heavy atom. The third kappa shape index (κ3) is 6.34. The van der Waals surface area contributed by atoms with Crippen molar-refractivity contribution < 1.29 is 116 Å². The summed E-state index contributed by atoms with van der Waals surface area (Å²) in [5.74, 6) is -21.8. The number of carbonyl (C=O) groups is 7. The van der Waals surface area contributed by atoms with Crippen LogP contribution >= 0.6 is 0 Å². The summed E-state index contributed by atoms with van der Waals surface area (Å²) in [6.07, 6.45) is 0. The molecule has 0 aromatic heterocycles. The van der Waals surface area contributed by atoms with E-state index in [-0.39, 0.29) is 62.0 Å². The number of aliphatic carboxylic acids is 4. The average Bonchev–Trinajstić information content (AvgIpc) is 2.27. The van der Waals surface area contributed by atoms with Crippen molar-refractivity contribution in [1.82, 2.24) is 0 Å². The number of hydrogen-bond donors (Lipinski definition) is 4. The smallest absolute Gasteiger partial charge is 1.00 e. The van der Waals surface area contributed by atoms with Gasteiger partial charge < -0.3 is 23.3 Å². The van der Waals surface area contributed by atoms with Gasteiger partial charge in [0.25, 0.3) is 11.6 Å². The second-order valence-electron chi connectivity index (χ2n) is 3.28. The van der Waals surface area contributed by atoms with E-state index in [1.807, 2.05) is 0 Å². The van der Waals surface area contributed by atoms with Gasteiger partial charge in [0.15, 0.2) is 17.6 Å². The second kappa shape index (κ2) is 10.6. The van der Waals surface area contributed by atoms with Crippen molar-refractivity contribution in [3.63, 3.8) is 0 Å². The normalized spacial score (nSPS) is 11.6. The van der Waals surface area contributed by atoms with Crippen LogP contribution in [0.2, 0.25) is 0 Å². The first-order chi connectivity index (χ1) is 9.02. The fourth-order valence-corrected chi connectivity index (χ4v) is 1.14. The van der Waals surface area contributed by atoms with Crippen LogP contribution in [0.25, 0.3) is 0 Å². The van der Waals surface area contributed by atoms with Crippen LogP contribution in [0.5, 0.6) is 0 Å². The maximum absolute atomic E-state index is 11.5. The maximum Gasteiger partial charge on any atom is 1.00 e. The summed E-state index contributed by atoms with van der Waals surface area (Å²) in [5, 5.41) is 33.7. The molecule has 0 bridgehead atoms. The van der Waals surface area contributed by atoms with Crippen LogP contribution in [0.1, 0.15) is 2.85 Å². The van der Waals surface area contributed by atoms with Gasteiger partial charge in [-0.25, -0.2) is 9.59 Å². The first kappa shape index (κ1) is 25.8. The molecule has 0 amide bonds. The number of Topliss-reactive ketones (excluding diaryl/α,β-unsaturated/α-hetero) is 3. The summed E-state index contributed by atoms with van der Waals surface area (Å²) in [6, 6.07) is 0. The zero-order valence-corrected chi connectivity index (χ0v) is 15.3. The Kier molecular flexibility index (Phi) is 12.4. The largest absolute Gasteiger partial charge is 1.00 e. The molecule has 11 nitrogen and oxygen atoms in total. The zero-order chi connectivity index (χ0) is 16.2. The van der Waals surface area contributed by atoms with Crippen molar-refractivity contribution in [2.75, 3.05) is 0 Å². The van der Waals surface area contributed by atoms with Gasteiger partial charge in [-0.3, -0.25) is 24.0 Å². The molecule has 112 valence electrons. The van der Waals surface area contributed by atoms with Gasteiger partial charge in [-0.1, -0.05) is 0 Å². The molecule has 0 fully saturated rings. The van der Waals surface area contributed by atoms with Gasteiger partial charge in [0.05, 0.1) is 0 Å². The van der Waals surface area contributed by atoms with Crippen molar-refractivity contribution in [2.24, 2.45) is 11.8 Å². The van der Waals surface area contributed by atoms with Gasteiger partial charge >= 0.3 is 83.0 Å². The first-order valence-corrected chi connectivity index (χ1v) is 4.56. The Balaban J connectivity index is -0.000000301. The first-order valence-electron chi connectivity index (χ1n) is 4.56. The van der Waals surface area contributed by atoms with Crippen LogP contribution in [0.15, 0.2) is 0 Å². The van der Waals surface area contributed by atoms with Crippen LogP contribution in [0.3, 0.4) is 0 Å². The van der Waals surface area contributed by atoms with Gasteiger partial charge in [0, 0.05) is 0 Å². The Bertz CT molecular complexity index is 502. The van der Waals surface area contributed by atoms with E-state index in [0.29, 0.717) is 0 Å². The molecule has 0 saturated heterocycles. The van der Waals surface area contributed by atoms with E-state index >= 15 is 0 Å². The zero-order valence-electron chi connectivity index (χ0n) is 13.3. The van der Waals surface area contributed by atoms with Crippen molar-refractivity contribution in [1.29, 1.82) is 0 Å². The number of carbonyl (C=O) groups excluding carboxylic acids is 3. The summed E-state index contributed by atoms with van der Waals surface area (Å²) in [6.45, 7) is 0. The standard InChI is InChI=1S/C9H6O11.2Na.2H/c10-3(1(6(13)14)4(11)8(17)18)2(7(15)16)5(12)9(19)20;;;;/h1-2H,(H,13,14)(H,15,16)(H,17,18)(H,19,20);;;;/q;2*+1;2*-1. The summed E-state index contributed by atoms with van der Waals surface area (Å²) in [7, 11) is 0. The van der Waals surface area contributed by atoms with Gasteiger partial charge in [-0.15, -0.1) is 0 Å². The summed E-state index contributed by atoms with van der Waals surface area (Å²) in [4.78, 5) is 75.4. The van der Waals surface area contributed by atoms with E-state index in [2.05, 4.69) is 0 Å². The maximum atomic E-state index is 11.5. The minimum absolute atomic E-state index is 0. The molecule has 0 heterocycles. The third-order valence-electron chi connectivity index (χ3n) is 2.01. The van der Waals surface area contributed by atoms with E-state index in [4.69, 9.17) is 20.4 Å². The molecule has 0 rings (SSSR count). The molecular weight excluding hydrogens is 330 g/mol. The number of carboxylic acid groups (broad SMARTS) is 4. The molecule has 0 spiro atoms. The summed E-state index contributed by atoms with van der Waals surface area (Å²) < 4.78 is 0. The van der Waals surface area contributed by atoms with Crippen LogP contribution < -0.4 is 59.1 Å². The van der Waals surface area contributed by atoms with E-state index < -0.39 is 53.1 Å². The van der Waals surface area contributed by atoms with Crippen LogP contribution in [0.4, 0.5) is 0 Å². The quantitative estimate of drug-likeness (QED) is 0.186. The molecule has 13 heteroatoms. The predicted octanol–water partition coefficient (Wildman–Crippen LogP) is -8.50. The molecule has 2 unspecified atom stereocenters. The second-order valence-corrected chi connectivity index (χ2v) is 3.28. The Morgan fingerprint density at radius 3 is 0.955 bits per heavy atom. The molecule has 4 N–H and O–H groups in total. The minimum atomic E-state index is -2.99. The molecule has 0 aromatic rings. The van der Waals surface area contributed by atoms with Gasteiger partial charge in [0.1, 0.15) is 0 Å². The van der Waals surface area contributed by atoms with Gasteiger partial charge in [0.2, 0.25) is 0 Å². The van der Waals surface area contributed by atoms with Gasteiger partial charge in [-0.05, 0) is 0 Å². The van der Waals surface area contributed by atoms with Gasteiger partial charge in [-0.2, -0.15) is 0 Å². The van der Waals surface area contributed by atoms with Crippen LogP contribution in [-0.2, 0) is 33.6 Å². The molecular formula is C9H8Na2O11. The van der Waals surface area contributed by atoms with E-state index in [1.165, 1.54) is 0 Å². The Hall–Kier alpha value is -1.11. The molecule has 0 aromatic carbocycles. The number of carboxylic acids is 4. The van der Waals surface area contributed by atoms with Crippen molar-refractivity contribution in [3.05, 3.63) is 0 Å². The monoisotopic (exact) mass is 338 g/mol. The third-order valence-corrected chi connectivity index (χ3v) is 2.01. The van der Waals surface area contributed by atoms with Crippen molar-refractivity contribution in [3.8, 4) is 0 Å². The molecule has 2 atom stereocenters. The molecule has 0 aliphatic heterocycles. The predicted molar refractivity (Wildman–Crippen MR) is 54.8 cm³/mol. The Morgan fingerprint density at radius 2 is 0.818 bits per heavy atom. The fourth-order valence-electron chi connectivity index (χ4n) is 1.14. The molecule has 0 aliphatic carbocycles. The van der Waals surface area contributed by atoms with Crippen LogP contribution in [0, 0.1) is 11.8 Å². The van der Waals surface area contributed by atoms with Crippen LogP contribution in [-0.4, -0.2) is 61.7 Å². The molecule has 22 heavy (non-hydrogen) atoms. The summed E-state index contributed by atoms with van der Waals surface area (Å²) in [5.41, 5.74) is 0. The molecule has 0 saturated carbocycles. The average molecular weight is 338 g/mol. The number of hydrogen-bond acceptors (Lipinski definition) is 7. The molecule has 0 radical (unpaired) electrons. The topological polar surface area (TPSA) is 200 Å². The van der Waals surface area contributed by atoms with E-state index in [9.17, 15) is 33.6 Å².